The van der Waals surface area contributed by atoms with Crippen LogP contribution in [0.4, 0.5) is 0 Å². The summed E-state index contributed by atoms with van der Waals surface area (Å²) in [7, 11) is 0. The van der Waals surface area contributed by atoms with Crippen molar-refractivity contribution < 1.29 is 28.6 Å². The van der Waals surface area contributed by atoms with Crippen LogP contribution in [0.3, 0.4) is 0 Å². The highest BCUT2D eigenvalue weighted by atomic mass is 16.6. The molecule has 6 nitrogen and oxygen atoms in total. The summed E-state index contributed by atoms with van der Waals surface area (Å²) >= 11 is 0. The molecular formula is C69H120O6. The molecule has 1 unspecified atom stereocenters. The second kappa shape index (κ2) is 63.1. The van der Waals surface area contributed by atoms with E-state index in [0.717, 1.165) is 96.3 Å². The number of carbonyl (C=O) groups excluding carboxylic acids is 3. The van der Waals surface area contributed by atoms with E-state index in [0.29, 0.717) is 19.3 Å². The molecule has 0 aliphatic rings. The molecule has 0 aromatic heterocycles. The minimum Gasteiger partial charge on any atom is -0.462 e. The lowest BCUT2D eigenvalue weighted by Crippen LogP contribution is -2.30. The van der Waals surface area contributed by atoms with Crippen LogP contribution in [0.5, 0.6) is 0 Å². The lowest BCUT2D eigenvalue weighted by molar-refractivity contribution is -0.167. The van der Waals surface area contributed by atoms with Crippen LogP contribution in [0.2, 0.25) is 0 Å². The van der Waals surface area contributed by atoms with Crippen LogP contribution in [0.25, 0.3) is 0 Å². The van der Waals surface area contributed by atoms with E-state index in [4.69, 9.17) is 14.2 Å². The van der Waals surface area contributed by atoms with E-state index in [1.54, 1.807) is 0 Å². The Bertz CT molecular complexity index is 1430. The third-order valence-electron chi connectivity index (χ3n) is 13.9. The molecule has 0 bridgehead atoms. The number of hydrogen-bond donors (Lipinski definition) is 0. The number of rotatable bonds is 58. The molecule has 0 amide bonds. The molecule has 0 aliphatic carbocycles. The second-order valence-corrected chi connectivity index (χ2v) is 21.3. The predicted octanol–water partition coefficient (Wildman–Crippen LogP) is 21.9. The first-order valence-electron chi connectivity index (χ1n) is 32.1. The number of esters is 3. The Morgan fingerprint density at radius 3 is 0.827 bits per heavy atom. The zero-order chi connectivity index (χ0) is 54.3. The van der Waals surface area contributed by atoms with Crippen LogP contribution in [-0.2, 0) is 28.6 Å². The van der Waals surface area contributed by atoms with Gasteiger partial charge in [-0.2, -0.15) is 0 Å². The molecule has 0 fully saturated rings. The minimum atomic E-state index is -0.774. The zero-order valence-corrected chi connectivity index (χ0v) is 49.6. The molecule has 0 radical (unpaired) electrons. The topological polar surface area (TPSA) is 78.9 Å². The lowest BCUT2D eigenvalue weighted by atomic mass is 10.0. The molecule has 75 heavy (non-hydrogen) atoms. The van der Waals surface area contributed by atoms with E-state index in [-0.39, 0.29) is 31.1 Å². The standard InChI is InChI=1S/C69H120O6/c1-4-7-10-13-16-18-20-22-24-26-27-28-29-30-31-32-33-34-35-36-37-38-39-40-41-43-44-46-48-50-53-56-59-62-68(71)74-65-66(64-73-67(70)61-58-55-52-15-12-9-6-3)75-69(72)63-60-57-54-51-49-47-45-42-25-23-21-19-17-14-11-8-5-2/h7,10,16,18,22-25,27-28,30-31,33-34,66H,4-6,8-9,11-15,17,19-21,26,29,32,35-65H2,1-3H3/b10-7-,18-16-,24-22-,25-23-,28-27-,31-30-,34-33-. The first-order chi connectivity index (χ1) is 37.0. The van der Waals surface area contributed by atoms with Gasteiger partial charge >= 0.3 is 17.9 Å². The summed E-state index contributed by atoms with van der Waals surface area (Å²) < 4.78 is 16.8. The van der Waals surface area contributed by atoms with Gasteiger partial charge in [0.2, 0.25) is 0 Å². The van der Waals surface area contributed by atoms with Crippen molar-refractivity contribution in [1.29, 1.82) is 0 Å². The van der Waals surface area contributed by atoms with Gasteiger partial charge in [-0.25, -0.2) is 0 Å². The third kappa shape index (κ3) is 61.3. The average Bonchev–Trinajstić information content (AvgIpc) is 3.41. The molecule has 0 aliphatic heterocycles. The number of allylic oxidation sites excluding steroid dienone is 14. The maximum atomic E-state index is 12.8. The molecule has 432 valence electrons. The van der Waals surface area contributed by atoms with E-state index < -0.39 is 6.10 Å². The summed E-state index contributed by atoms with van der Waals surface area (Å²) in [5.41, 5.74) is 0. The van der Waals surface area contributed by atoms with Crippen molar-refractivity contribution >= 4 is 17.9 Å². The Hall–Kier alpha value is -3.41. The van der Waals surface area contributed by atoms with Crippen molar-refractivity contribution in [1.82, 2.24) is 0 Å². The molecule has 0 heterocycles. The van der Waals surface area contributed by atoms with Crippen LogP contribution < -0.4 is 0 Å². The molecular weight excluding hydrogens is 925 g/mol. The van der Waals surface area contributed by atoms with Gasteiger partial charge < -0.3 is 14.2 Å². The van der Waals surface area contributed by atoms with Crippen molar-refractivity contribution in [2.45, 2.75) is 322 Å². The van der Waals surface area contributed by atoms with Crippen LogP contribution >= 0.6 is 0 Å². The van der Waals surface area contributed by atoms with Crippen molar-refractivity contribution in [3.63, 3.8) is 0 Å². The number of ether oxygens (including phenoxy) is 3. The van der Waals surface area contributed by atoms with E-state index in [1.807, 2.05) is 0 Å². The van der Waals surface area contributed by atoms with Gasteiger partial charge in [-0.1, -0.05) is 286 Å². The highest BCUT2D eigenvalue weighted by Crippen LogP contribution is 2.16. The zero-order valence-electron chi connectivity index (χ0n) is 49.6. The Morgan fingerprint density at radius 1 is 0.280 bits per heavy atom. The maximum Gasteiger partial charge on any atom is 0.306 e. The van der Waals surface area contributed by atoms with E-state index in [9.17, 15) is 14.4 Å². The van der Waals surface area contributed by atoms with Gasteiger partial charge in [-0.05, 0) is 96.3 Å². The summed E-state index contributed by atoms with van der Waals surface area (Å²) in [6.45, 7) is 6.50. The van der Waals surface area contributed by atoms with Gasteiger partial charge in [0.1, 0.15) is 13.2 Å². The van der Waals surface area contributed by atoms with E-state index >= 15 is 0 Å². The van der Waals surface area contributed by atoms with Crippen molar-refractivity contribution in [2.24, 2.45) is 0 Å². The quantitative estimate of drug-likeness (QED) is 0.0261. The van der Waals surface area contributed by atoms with Gasteiger partial charge in [-0.3, -0.25) is 14.4 Å². The number of unbranched alkanes of at least 4 members (excludes halogenated alkanes) is 33. The SMILES string of the molecule is CC/C=C\C/C=C\C/C=C\C/C=C\C/C=C\C/C=C\CCCCCCCCCCCCCCCCC(=O)OCC(COC(=O)CCCCCCCCC)OC(=O)CCCCCCCCC/C=C\CCCCCCCC. The Balaban J connectivity index is 4.05. The summed E-state index contributed by atoms with van der Waals surface area (Å²) in [6.07, 6.45) is 83.3. The maximum absolute atomic E-state index is 12.8. The van der Waals surface area contributed by atoms with Crippen LogP contribution in [0.1, 0.15) is 316 Å². The van der Waals surface area contributed by atoms with Gasteiger partial charge in [0.05, 0.1) is 0 Å². The van der Waals surface area contributed by atoms with Crippen LogP contribution in [0.15, 0.2) is 85.1 Å². The summed E-state index contributed by atoms with van der Waals surface area (Å²) in [5.74, 6) is -0.875. The van der Waals surface area contributed by atoms with Gasteiger partial charge in [0.25, 0.3) is 0 Å². The molecule has 0 spiro atoms. The molecule has 0 aromatic rings. The van der Waals surface area contributed by atoms with E-state index in [2.05, 4.69) is 106 Å². The van der Waals surface area contributed by atoms with Gasteiger partial charge in [-0.15, -0.1) is 0 Å². The molecule has 0 saturated carbocycles. The normalized spacial score (nSPS) is 12.6. The highest BCUT2D eigenvalue weighted by molar-refractivity contribution is 5.71. The fourth-order valence-corrected chi connectivity index (χ4v) is 9.09. The largest absolute Gasteiger partial charge is 0.462 e. The van der Waals surface area contributed by atoms with Gasteiger partial charge in [0.15, 0.2) is 6.10 Å². The summed E-state index contributed by atoms with van der Waals surface area (Å²) in [5, 5.41) is 0. The van der Waals surface area contributed by atoms with Crippen LogP contribution in [0, 0.1) is 0 Å². The highest BCUT2D eigenvalue weighted by Gasteiger charge is 2.19. The monoisotopic (exact) mass is 1040 g/mol. The van der Waals surface area contributed by atoms with Crippen LogP contribution in [-0.4, -0.2) is 37.2 Å². The third-order valence-corrected chi connectivity index (χ3v) is 13.9. The minimum absolute atomic E-state index is 0.0745. The van der Waals surface area contributed by atoms with Crippen molar-refractivity contribution in [2.75, 3.05) is 13.2 Å². The fourth-order valence-electron chi connectivity index (χ4n) is 9.09. The average molecular weight is 1050 g/mol. The molecule has 1 atom stereocenters. The first kappa shape index (κ1) is 71.6. The molecule has 0 saturated heterocycles. The molecule has 0 N–H and O–H groups in total. The number of carbonyl (C=O) groups is 3. The summed E-state index contributed by atoms with van der Waals surface area (Å²) in [6, 6.07) is 0. The predicted molar refractivity (Wildman–Crippen MR) is 325 cm³/mol. The first-order valence-corrected chi connectivity index (χ1v) is 32.1. The molecule has 0 rings (SSSR count). The molecule has 6 heteroatoms. The second-order valence-electron chi connectivity index (χ2n) is 21.3. The summed E-state index contributed by atoms with van der Waals surface area (Å²) in [4.78, 5) is 38.0. The lowest BCUT2D eigenvalue weighted by Gasteiger charge is -2.18. The van der Waals surface area contributed by atoms with Gasteiger partial charge in [0, 0.05) is 19.3 Å². The van der Waals surface area contributed by atoms with Crippen molar-refractivity contribution in [3.8, 4) is 0 Å². The van der Waals surface area contributed by atoms with Crippen molar-refractivity contribution in [3.05, 3.63) is 85.1 Å². The Kier molecular flexibility index (Phi) is 60.3. The fraction of sp³-hybridized carbons (Fsp3) is 0.754. The Labute approximate surface area is 465 Å². The van der Waals surface area contributed by atoms with E-state index in [1.165, 1.54) is 180 Å². The smallest absolute Gasteiger partial charge is 0.306 e. The number of hydrogen-bond acceptors (Lipinski definition) is 6. The molecule has 0 aromatic carbocycles. The Morgan fingerprint density at radius 2 is 0.520 bits per heavy atom.